The molecule has 0 saturated carbocycles. The van der Waals surface area contributed by atoms with E-state index < -0.39 is 0 Å². The van der Waals surface area contributed by atoms with Crippen molar-refractivity contribution in [1.82, 2.24) is 15.1 Å². The third-order valence-corrected chi connectivity index (χ3v) is 3.80. The summed E-state index contributed by atoms with van der Waals surface area (Å²) >= 11 is 0. The van der Waals surface area contributed by atoms with Crippen LogP contribution >= 0.6 is 0 Å². The highest BCUT2D eigenvalue weighted by Crippen LogP contribution is 2.12. The maximum absolute atomic E-state index is 12.3. The first-order valence-electron chi connectivity index (χ1n) is 6.53. The molecule has 0 spiro atoms. The lowest BCUT2D eigenvalue weighted by Gasteiger charge is -2.34. The Bertz CT molecular complexity index is 266. The van der Waals surface area contributed by atoms with Gasteiger partial charge in [0.2, 0.25) is 0 Å². The number of morpholine rings is 1. The maximum Gasteiger partial charge on any atom is 0.253 e. The lowest BCUT2D eigenvalue weighted by atomic mass is 10.2. The fourth-order valence-corrected chi connectivity index (χ4v) is 2.52. The zero-order valence-corrected chi connectivity index (χ0v) is 10.8. The van der Waals surface area contributed by atoms with Gasteiger partial charge in [-0.25, -0.2) is 0 Å². The Kier molecular flexibility index (Phi) is 4.36. The van der Waals surface area contributed by atoms with Crippen molar-refractivity contribution in [3.8, 4) is 0 Å². The van der Waals surface area contributed by atoms with Crippen LogP contribution in [0.4, 0.5) is 0 Å². The minimum absolute atomic E-state index is 0.136. The van der Waals surface area contributed by atoms with Crippen LogP contribution in [0.5, 0.6) is 0 Å². The summed E-state index contributed by atoms with van der Waals surface area (Å²) in [7, 11) is 1.90. The van der Waals surface area contributed by atoms with Crippen LogP contribution in [0.3, 0.4) is 0 Å². The lowest BCUT2D eigenvalue weighted by Crippen LogP contribution is -2.52. The monoisotopic (exact) mass is 241 g/mol. The summed E-state index contributed by atoms with van der Waals surface area (Å²) in [6.07, 6.45) is 0.779. The van der Waals surface area contributed by atoms with Crippen LogP contribution in [0.1, 0.15) is 13.3 Å². The summed E-state index contributed by atoms with van der Waals surface area (Å²) in [4.78, 5) is 16.4. The van der Waals surface area contributed by atoms with Gasteiger partial charge in [-0.15, -0.1) is 0 Å². The van der Waals surface area contributed by atoms with E-state index in [1.54, 1.807) is 0 Å². The first-order chi connectivity index (χ1) is 8.22. The largest absolute Gasteiger partial charge is 0.366 e. The number of ether oxygens (including phenoxy) is 1. The van der Waals surface area contributed by atoms with Gasteiger partial charge < -0.3 is 15.0 Å². The molecule has 5 heteroatoms. The second kappa shape index (κ2) is 5.80. The highest BCUT2D eigenvalue weighted by Gasteiger charge is 2.32. The van der Waals surface area contributed by atoms with Gasteiger partial charge in [0.15, 0.2) is 0 Å². The Balaban J connectivity index is 1.89. The SMILES string of the molecule is CCN1CCOC(C(=O)N(C)C2CCNC2)C1. The number of carbonyl (C=O) groups excluding carboxylic acids is 1. The Morgan fingerprint density at radius 3 is 3.06 bits per heavy atom. The molecule has 0 aliphatic carbocycles. The van der Waals surface area contributed by atoms with E-state index in [4.69, 9.17) is 4.74 Å². The van der Waals surface area contributed by atoms with E-state index in [0.29, 0.717) is 12.6 Å². The Labute approximate surface area is 103 Å². The summed E-state index contributed by atoms with van der Waals surface area (Å²) in [5.74, 6) is 0.136. The fraction of sp³-hybridized carbons (Fsp3) is 0.917. The molecule has 1 amide bonds. The van der Waals surface area contributed by atoms with Crippen molar-refractivity contribution in [2.45, 2.75) is 25.5 Å². The average molecular weight is 241 g/mol. The molecule has 2 fully saturated rings. The van der Waals surface area contributed by atoms with Crippen molar-refractivity contribution in [1.29, 1.82) is 0 Å². The predicted octanol–water partition coefficient (Wildman–Crippen LogP) is -0.473. The second-order valence-corrected chi connectivity index (χ2v) is 4.85. The number of rotatable bonds is 3. The summed E-state index contributed by atoms with van der Waals surface area (Å²) in [5.41, 5.74) is 0. The molecule has 2 saturated heterocycles. The number of amides is 1. The molecule has 2 aliphatic heterocycles. The van der Waals surface area contributed by atoms with Crippen LogP contribution in [0.2, 0.25) is 0 Å². The molecule has 5 nitrogen and oxygen atoms in total. The number of carbonyl (C=O) groups is 1. The summed E-state index contributed by atoms with van der Waals surface area (Å²) in [5, 5.41) is 3.29. The van der Waals surface area contributed by atoms with Crippen LogP contribution in [0.25, 0.3) is 0 Å². The summed E-state index contributed by atoms with van der Waals surface area (Å²) in [6, 6.07) is 0.336. The average Bonchev–Trinajstić information content (AvgIpc) is 2.91. The third-order valence-electron chi connectivity index (χ3n) is 3.80. The summed E-state index contributed by atoms with van der Waals surface area (Å²) < 4.78 is 5.60. The van der Waals surface area contributed by atoms with Gasteiger partial charge in [-0.2, -0.15) is 0 Å². The number of nitrogens with one attached hydrogen (secondary N) is 1. The first kappa shape index (κ1) is 12.8. The second-order valence-electron chi connectivity index (χ2n) is 4.85. The van der Waals surface area contributed by atoms with E-state index in [2.05, 4.69) is 17.1 Å². The van der Waals surface area contributed by atoms with E-state index in [1.807, 2.05) is 11.9 Å². The number of nitrogens with zero attached hydrogens (tertiary/aromatic N) is 2. The molecular formula is C12H23N3O2. The normalized spacial score (nSPS) is 30.5. The molecule has 2 unspecified atom stereocenters. The summed E-state index contributed by atoms with van der Waals surface area (Å²) in [6.45, 7) is 7.37. The van der Waals surface area contributed by atoms with Crippen molar-refractivity contribution < 1.29 is 9.53 Å². The van der Waals surface area contributed by atoms with Crippen molar-refractivity contribution in [2.24, 2.45) is 0 Å². The molecule has 0 aromatic rings. The minimum atomic E-state index is -0.269. The van der Waals surface area contributed by atoms with Crippen molar-refractivity contribution >= 4 is 5.91 Å². The van der Waals surface area contributed by atoms with E-state index in [-0.39, 0.29) is 12.0 Å². The molecule has 0 bridgehead atoms. The van der Waals surface area contributed by atoms with Gasteiger partial charge in [0.1, 0.15) is 6.10 Å². The van der Waals surface area contributed by atoms with Crippen molar-refractivity contribution in [2.75, 3.05) is 46.4 Å². The third kappa shape index (κ3) is 2.97. The van der Waals surface area contributed by atoms with E-state index in [0.717, 1.165) is 39.1 Å². The smallest absolute Gasteiger partial charge is 0.253 e. The predicted molar refractivity (Wildman–Crippen MR) is 65.9 cm³/mol. The minimum Gasteiger partial charge on any atom is -0.366 e. The van der Waals surface area contributed by atoms with Crippen molar-refractivity contribution in [3.63, 3.8) is 0 Å². The molecule has 17 heavy (non-hydrogen) atoms. The lowest BCUT2D eigenvalue weighted by molar-refractivity contribution is -0.149. The molecule has 2 rings (SSSR count). The van der Waals surface area contributed by atoms with E-state index in [1.165, 1.54) is 0 Å². The first-order valence-corrected chi connectivity index (χ1v) is 6.53. The molecule has 2 heterocycles. The van der Waals surface area contributed by atoms with E-state index in [9.17, 15) is 4.79 Å². The van der Waals surface area contributed by atoms with Crippen LogP contribution in [-0.4, -0.2) is 74.2 Å². The number of hydrogen-bond acceptors (Lipinski definition) is 4. The maximum atomic E-state index is 12.3. The number of likely N-dealkylation sites (N-methyl/N-ethyl adjacent to an activating group) is 2. The highest BCUT2D eigenvalue weighted by atomic mass is 16.5. The van der Waals surface area contributed by atoms with Gasteiger partial charge in [0.05, 0.1) is 6.61 Å². The van der Waals surface area contributed by atoms with Gasteiger partial charge in [0.25, 0.3) is 5.91 Å². The number of hydrogen-bond donors (Lipinski definition) is 1. The van der Waals surface area contributed by atoms with Gasteiger partial charge in [-0.1, -0.05) is 6.92 Å². The van der Waals surface area contributed by atoms with Crippen LogP contribution in [-0.2, 0) is 9.53 Å². The molecule has 0 aromatic carbocycles. The molecular weight excluding hydrogens is 218 g/mol. The Morgan fingerprint density at radius 1 is 1.59 bits per heavy atom. The van der Waals surface area contributed by atoms with Gasteiger partial charge in [-0.3, -0.25) is 9.69 Å². The molecule has 0 aromatic heterocycles. The highest BCUT2D eigenvalue weighted by molar-refractivity contribution is 5.81. The van der Waals surface area contributed by atoms with E-state index >= 15 is 0 Å². The molecule has 2 aliphatic rings. The van der Waals surface area contributed by atoms with Crippen LogP contribution in [0.15, 0.2) is 0 Å². The Morgan fingerprint density at radius 2 is 2.41 bits per heavy atom. The topological polar surface area (TPSA) is 44.8 Å². The Hall–Kier alpha value is -0.650. The molecule has 98 valence electrons. The van der Waals surface area contributed by atoms with Crippen molar-refractivity contribution in [3.05, 3.63) is 0 Å². The van der Waals surface area contributed by atoms with Crippen LogP contribution < -0.4 is 5.32 Å². The molecule has 1 N–H and O–H groups in total. The zero-order valence-electron chi connectivity index (χ0n) is 10.8. The van der Waals surface area contributed by atoms with Gasteiger partial charge >= 0.3 is 0 Å². The van der Waals surface area contributed by atoms with Gasteiger partial charge in [-0.05, 0) is 19.5 Å². The fourth-order valence-electron chi connectivity index (χ4n) is 2.52. The van der Waals surface area contributed by atoms with Gasteiger partial charge in [0, 0.05) is 32.7 Å². The standard InChI is InChI=1S/C12H23N3O2/c1-3-15-6-7-17-11(9-15)12(16)14(2)10-4-5-13-8-10/h10-11,13H,3-9H2,1-2H3. The zero-order chi connectivity index (χ0) is 12.3. The molecule has 0 radical (unpaired) electrons. The van der Waals surface area contributed by atoms with Crippen LogP contribution in [0, 0.1) is 0 Å². The molecule has 2 atom stereocenters. The quantitative estimate of drug-likeness (QED) is 0.725.